The van der Waals surface area contributed by atoms with Gasteiger partial charge in [-0.05, 0) is 25.1 Å². The monoisotopic (exact) mass is 399 g/mol. The van der Waals surface area contributed by atoms with Gasteiger partial charge < -0.3 is 14.5 Å². The molecule has 4 rings (SSSR count). The highest BCUT2D eigenvalue weighted by molar-refractivity contribution is 5.99. The molecule has 1 N–H and O–H groups in total. The van der Waals surface area contributed by atoms with Gasteiger partial charge in [-0.15, -0.1) is 0 Å². The fourth-order valence-corrected chi connectivity index (χ4v) is 3.47. The summed E-state index contributed by atoms with van der Waals surface area (Å²) in [5.41, 5.74) is 1.91. The van der Waals surface area contributed by atoms with E-state index >= 15 is 0 Å². The van der Waals surface area contributed by atoms with Crippen LogP contribution in [0.15, 0.2) is 52.9 Å². The van der Waals surface area contributed by atoms with Crippen LogP contribution in [0.3, 0.4) is 0 Å². The zero-order valence-electron chi connectivity index (χ0n) is 15.9. The van der Waals surface area contributed by atoms with E-state index in [1.165, 1.54) is 7.11 Å². The molecule has 0 saturated heterocycles. The van der Waals surface area contributed by atoms with E-state index in [0.29, 0.717) is 22.2 Å². The molecule has 0 spiro atoms. The third-order valence-corrected chi connectivity index (χ3v) is 4.75. The Morgan fingerprint density at radius 2 is 1.93 bits per heavy atom. The molecule has 0 saturated carbocycles. The number of alkyl halides is 2. The van der Waals surface area contributed by atoms with E-state index in [-0.39, 0.29) is 18.2 Å². The third kappa shape index (κ3) is 3.36. The van der Waals surface area contributed by atoms with Gasteiger partial charge in [0.1, 0.15) is 11.4 Å². The molecular weight excluding hydrogens is 380 g/mol. The second-order valence-corrected chi connectivity index (χ2v) is 6.64. The Hall–Kier alpha value is -3.26. The summed E-state index contributed by atoms with van der Waals surface area (Å²) in [5, 5.41) is 3.49. The Labute approximate surface area is 165 Å². The number of halogens is 2. The number of para-hydroxylation sites is 3. The highest BCUT2D eigenvalue weighted by Gasteiger charge is 2.26. The molecule has 2 aromatic heterocycles. The molecule has 4 aromatic rings. The molecule has 1 unspecified atom stereocenters. The van der Waals surface area contributed by atoms with Gasteiger partial charge in [-0.2, -0.15) is 8.78 Å². The first-order valence-electron chi connectivity index (χ1n) is 9.06. The predicted octanol–water partition coefficient (Wildman–Crippen LogP) is 4.82. The van der Waals surface area contributed by atoms with Crippen LogP contribution in [-0.4, -0.2) is 22.6 Å². The number of fused-ring (bicyclic) bond motifs is 2. The Balaban J connectivity index is 1.69. The quantitative estimate of drug-likeness (QED) is 0.505. The van der Waals surface area contributed by atoms with Gasteiger partial charge in [-0.3, -0.25) is 9.36 Å². The molecule has 6 nitrogen and oxygen atoms in total. The van der Waals surface area contributed by atoms with E-state index in [4.69, 9.17) is 9.15 Å². The van der Waals surface area contributed by atoms with E-state index in [9.17, 15) is 13.6 Å². The molecule has 0 aliphatic heterocycles. The van der Waals surface area contributed by atoms with Crippen molar-refractivity contribution < 1.29 is 22.7 Å². The number of rotatable bonds is 6. The SMILES string of the molecule is COCc1c(C(=O)NC(C)c2nc3ccccc3n2C(F)F)oc2ccccc12. The van der Waals surface area contributed by atoms with Crippen LogP contribution in [0, 0.1) is 0 Å². The van der Waals surface area contributed by atoms with Crippen molar-refractivity contribution in [3.63, 3.8) is 0 Å². The molecule has 2 heterocycles. The minimum absolute atomic E-state index is 0.0685. The Bertz CT molecular complexity index is 1180. The highest BCUT2D eigenvalue weighted by atomic mass is 19.3. The molecule has 2 aromatic carbocycles. The summed E-state index contributed by atoms with van der Waals surface area (Å²) in [6.07, 6.45) is 0. The van der Waals surface area contributed by atoms with E-state index in [0.717, 1.165) is 9.95 Å². The lowest BCUT2D eigenvalue weighted by atomic mass is 10.1. The lowest BCUT2D eigenvalue weighted by Gasteiger charge is -2.15. The van der Waals surface area contributed by atoms with Crippen molar-refractivity contribution in [2.24, 2.45) is 0 Å². The predicted molar refractivity (Wildman–Crippen MR) is 104 cm³/mol. The van der Waals surface area contributed by atoms with Crippen LogP contribution < -0.4 is 5.32 Å². The summed E-state index contributed by atoms with van der Waals surface area (Å²) in [5.74, 6) is -0.354. The zero-order valence-corrected chi connectivity index (χ0v) is 15.9. The van der Waals surface area contributed by atoms with E-state index in [1.54, 1.807) is 43.3 Å². The maximum atomic E-state index is 13.7. The van der Waals surface area contributed by atoms with Crippen LogP contribution >= 0.6 is 0 Å². The van der Waals surface area contributed by atoms with E-state index in [2.05, 4.69) is 10.3 Å². The van der Waals surface area contributed by atoms with Crippen LogP contribution in [0.25, 0.3) is 22.0 Å². The lowest BCUT2D eigenvalue weighted by molar-refractivity contribution is 0.0685. The number of hydrogen-bond acceptors (Lipinski definition) is 4. The van der Waals surface area contributed by atoms with Crippen LogP contribution in [0.1, 0.15) is 41.5 Å². The number of amides is 1. The van der Waals surface area contributed by atoms with Gasteiger partial charge in [0.15, 0.2) is 5.76 Å². The number of ether oxygens (including phenoxy) is 1. The number of carbonyl (C=O) groups is 1. The zero-order chi connectivity index (χ0) is 20.5. The first kappa shape index (κ1) is 19.1. The smallest absolute Gasteiger partial charge is 0.320 e. The Kier molecular flexibility index (Phi) is 5.02. The number of aromatic nitrogens is 2. The first-order valence-corrected chi connectivity index (χ1v) is 9.06. The van der Waals surface area contributed by atoms with Gasteiger partial charge in [0.25, 0.3) is 5.91 Å². The maximum absolute atomic E-state index is 13.7. The number of methoxy groups -OCH3 is 1. The summed E-state index contributed by atoms with van der Waals surface area (Å²) in [6, 6.07) is 13.1. The summed E-state index contributed by atoms with van der Waals surface area (Å²) < 4.78 is 39.1. The number of nitrogens with zero attached hydrogens (tertiary/aromatic N) is 2. The van der Waals surface area contributed by atoms with E-state index < -0.39 is 18.5 Å². The van der Waals surface area contributed by atoms with Crippen LogP contribution in [0.4, 0.5) is 8.78 Å². The fraction of sp³-hybridized carbons (Fsp3) is 0.238. The van der Waals surface area contributed by atoms with Gasteiger partial charge in [0, 0.05) is 18.1 Å². The number of furan rings is 1. The van der Waals surface area contributed by atoms with Crippen molar-refractivity contribution in [1.29, 1.82) is 0 Å². The third-order valence-electron chi connectivity index (χ3n) is 4.75. The summed E-state index contributed by atoms with van der Waals surface area (Å²) in [7, 11) is 1.52. The molecule has 8 heteroatoms. The number of hydrogen-bond donors (Lipinski definition) is 1. The molecule has 0 fully saturated rings. The van der Waals surface area contributed by atoms with Crippen molar-refractivity contribution >= 4 is 27.9 Å². The molecule has 0 aliphatic carbocycles. The molecular formula is C21H19F2N3O3. The average molecular weight is 399 g/mol. The largest absolute Gasteiger partial charge is 0.451 e. The summed E-state index contributed by atoms with van der Waals surface area (Å²) >= 11 is 0. The molecule has 0 aliphatic rings. The van der Waals surface area contributed by atoms with Crippen molar-refractivity contribution in [3.8, 4) is 0 Å². The average Bonchev–Trinajstić information content (AvgIpc) is 3.27. The van der Waals surface area contributed by atoms with E-state index in [1.807, 2.05) is 12.1 Å². The minimum Gasteiger partial charge on any atom is -0.451 e. The van der Waals surface area contributed by atoms with Crippen molar-refractivity contribution in [2.75, 3.05) is 7.11 Å². The van der Waals surface area contributed by atoms with Gasteiger partial charge in [-0.1, -0.05) is 30.3 Å². The van der Waals surface area contributed by atoms with Gasteiger partial charge in [0.05, 0.1) is 23.7 Å². The van der Waals surface area contributed by atoms with Crippen molar-refractivity contribution in [1.82, 2.24) is 14.9 Å². The molecule has 150 valence electrons. The highest BCUT2D eigenvalue weighted by Crippen LogP contribution is 2.29. The van der Waals surface area contributed by atoms with Crippen LogP contribution in [-0.2, 0) is 11.3 Å². The molecule has 1 atom stereocenters. The topological polar surface area (TPSA) is 69.3 Å². The van der Waals surface area contributed by atoms with Crippen molar-refractivity contribution in [3.05, 3.63) is 65.7 Å². The van der Waals surface area contributed by atoms with Gasteiger partial charge >= 0.3 is 6.55 Å². The number of carbonyl (C=O) groups excluding carboxylic acids is 1. The number of benzene rings is 2. The first-order chi connectivity index (χ1) is 14.0. The van der Waals surface area contributed by atoms with Crippen LogP contribution in [0.5, 0.6) is 0 Å². The van der Waals surface area contributed by atoms with Crippen molar-refractivity contribution in [2.45, 2.75) is 26.1 Å². The summed E-state index contributed by atoms with van der Waals surface area (Å²) in [6.45, 7) is -0.993. The molecule has 0 radical (unpaired) electrons. The minimum atomic E-state index is -2.79. The lowest BCUT2D eigenvalue weighted by Crippen LogP contribution is -2.29. The van der Waals surface area contributed by atoms with Gasteiger partial charge in [0.2, 0.25) is 0 Å². The standard InChI is InChI=1S/C21H19F2N3O3/c1-12(19-25-15-8-4-5-9-16(15)26(19)21(22)23)24-20(27)18-14(11-28-2)13-7-3-6-10-17(13)29-18/h3-10,12,21H,11H2,1-2H3,(H,24,27). The normalized spacial score (nSPS) is 12.7. The number of imidazole rings is 1. The Morgan fingerprint density at radius 3 is 2.69 bits per heavy atom. The Morgan fingerprint density at radius 1 is 1.21 bits per heavy atom. The van der Waals surface area contributed by atoms with Gasteiger partial charge in [-0.25, -0.2) is 4.98 Å². The second kappa shape index (κ2) is 7.63. The fourth-order valence-electron chi connectivity index (χ4n) is 3.47. The number of nitrogens with one attached hydrogen (secondary N) is 1. The second-order valence-electron chi connectivity index (χ2n) is 6.64. The van der Waals surface area contributed by atoms with Crippen LogP contribution in [0.2, 0.25) is 0 Å². The molecule has 29 heavy (non-hydrogen) atoms. The molecule has 0 bridgehead atoms. The molecule has 1 amide bonds. The summed E-state index contributed by atoms with van der Waals surface area (Å²) in [4.78, 5) is 17.2. The maximum Gasteiger partial charge on any atom is 0.320 e.